The summed E-state index contributed by atoms with van der Waals surface area (Å²) in [6.45, 7) is 1.99. The van der Waals surface area contributed by atoms with E-state index in [0.29, 0.717) is 18.1 Å². The first kappa shape index (κ1) is 14.0. The van der Waals surface area contributed by atoms with Gasteiger partial charge >= 0.3 is 0 Å². The van der Waals surface area contributed by atoms with Crippen LogP contribution < -0.4 is 4.72 Å². The van der Waals surface area contributed by atoms with Crippen LogP contribution in [0, 0.1) is 12.8 Å². The SMILES string of the molecule is Cc1ccccc1S(=O)(=O)NC(=O)COCC1CC1. The zero-order chi connectivity index (χ0) is 13.9. The van der Waals surface area contributed by atoms with Gasteiger partial charge in [-0.1, -0.05) is 18.2 Å². The van der Waals surface area contributed by atoms with E-state index < -0.39 is 15.9 Å². The molecule has 6 heteroatoms. The molecule has 1 N–H and O–H groups in total. The summed E-state index contributed by atoms with van der Waals surface area (Å²) in [6, 6.07) is 6.52. The van der Waals surface area contributed by atoms with Crippen LogP contribution >= 0.6 is 0 Å². The number of carbonyl (C=O) groups is 1. The predicted molar refractivity (Wildman–Crippen MR) is 70.1 cm³/mol. The van der Waals surface area contributed by atoms with E-state index in [4.69, 9.17) is 4.74 Å². The van der Waals surface area contributed by atoms with Crippen molar-refractivity contribution in [1.29, 1.82) is 0 Å². The molecule has 1 aliphatic carbocycles. The largest absolute Gasteiger partial charge is 0.371 e. The molecule has 1 saturated carbocycles. The number of carbonyl (C=O) groups excluding carboxylic acids is 1. The fraction of sp³-hybridized carbons (Fsp3) is 0.462. The van der Waals surface area contributed by atoms with E-state index in [1.54, 1.807) is 25.1 Å². The smallest absolute Gasteiger partial charge is 0.264 e. The molecular formula is C13H17NO4S. The highest BCUT2D eigenvalue weighted by Crippen LogP contribution is 2.28. The Kier molecular flexibility index (Phi) is 4.21. The summed E-state index contributed by atoms with van der Waals surface area (Å²) in [4.78, 5) is 11.6. The fourth-order valence-corrected chi connectivity index (χ4v) is 2.91. The van der Waals surface area contributed by atoms with Gasteiger partial charge in [-0.3, -0.25) is 4.79 Å². The first-order valence-corrected chi connectivity index (χ1v) is 7.66. The van der Waals surface area contributed by atoms with Crippen LogP contribution in [0.2, 0.25) is 0 Å². The number of benzene rings is 1. The molecule has 0 saturated heterocycles. The molecule has 0 atom stereocenters. The lowest BCUT2D eigenvalue weighted by molar-refractivity contribution is -0.124. The summed E-state index contributed by atoms with van der Waals surface area (Å²) in [6.07, 6.45) is 2.26. The van der Waals surface area contributed by atoms with Crippen LogP contribution in [0.3, 0.4) is 0 Å². The monoisotopic (exact) mass is 283 g/mol. The Morgan fingerprint density at radius 2 is 2.05 bits per heavy atom. The molecule has 19 heavy (non-hydrogen) atoms. The van der Waals surface area contributed by atoms with Crippen molar-refractivity contribution < 1.29 is 17.9 Å². The van der Waals surface area contributed by atoms with Gasteiger partial charge in [-0.25, -0.2) is 13.1 Å². The second-order valence-electron chi connectivity index (χ2n) is 4.75. The molecule has 1 amide bonds. The highest BCUT2D eigenvalue weighted by molar-refractivity contribution is 7.90. The van der Waals surface area contributed by atoms with Crippen LogP contribution in [0.5, 0.6) is 0 Å². The molecule has 1 aliphatic rings. The molecule has 0 spiro atoms. The molecule has 0 heterocycles. The summed E-state index contributed by atoms with van der Waals surface area (Å²) < 4.78 is 31.1. The van der Waals surface area contributed by atoms with Gasteiger partial charge in [0, 0.05) is 0 Å². The van der Waals surface area contributed by atoms with Crippen LogP contribution in [-0.2, 0) is 19.6 Å². The molecule has 5 nitrogen and oxygen atoms in total. The number of ether oxygens (including phenoxy) is 1. The van der Waals surface area contributed by atoms with E-state index >= 15 is 0 Å². The Bertz CT molecular complexity index is 564. The van der Waals surface area contributed by atoms with E-state index in [1.165, 1.54) is 6.07 Å². The van der Waals surface area contributed by atoms with Gasteiger partial charge < -0.3 is 4.74 Å². The van der Waals surface area contributed by atoms with Crippen LogP contribution in [0.1, 0.15) is 18.4 Å². The third-order valence-electron chi connectivity index (χ3n) is 2.91. The van der Waals surface area contributed by atoms with E-state index in [1.807, 2.05) is 4.72 Å². The lowest BCUT2D eigenvalue weighted by Gasteiger charge is -2.09. The Balaban J connectivity index is 1.92. The average molecular weight is 283 g/mol. The molecule has 0 aromatic heterocycles. The Labute approximate surface area is 113 Å². The van der Waals surface area contributed by atoms with E-state index in [0.717, 1.165) is 12.8 Å². The lowest BCUT2D eigenvalue weighted by atomic mass is 10.2. The minimum atomic E-state index is -3.80. The summed E-state index contributed by atoms with van der Waals surface area (Å²) in [5.41, 5.74) is 0.599. The Morgan fingerprint density at radius 3 is 2.68 bits per heavy atom. The highest BCUT2D eigenvalue weighted by Gasteiger charge is 2.23. The number of hydrogen-bond donors (Lipinski definition) is 1. The van der Waals surface area contributed by atoms with Gasteiger partial charge in [-0.2, -0.15) is 0 Å². The molecule has 0 radical (unpaired) electrons. The first-order chi connectivity index (χ1) is 8.99. The molecule has 0 bridgehead atoms. The molecule has 2 rings (SSSR count). The predicted octanol–water partition coefficient (Wildman–Crippen LogP) is 1.23. The number of nitrogens with one attached hydrogen (secondary N) is 1. The van der Waals surface area contributed by atoms with Crippen molar-refractivity contribution in [2.75, 3.05) is 13.2 Å². The van der Waals surface area contributed by atoms with Gasteiger partial charge in [0.1, 0.15) is 6.61 Å². The van der Waals surface area contributed by atoms with Crippen LogP contribution in [0.25, 0.3) is 0 Å². The molecule has 1 aromatic carbocycles. The summed E-state index contributed by atoms with van der Waals surface area (Å²) >= 11 is 0. The van der Waals surface area contributed by atoms with Crippen LogP contribution in [0.15, 0.2) is 29.2 Å². The van der Waals surface area contributed by atoms with Gasteiger partial charge in [0.05, 0.1) is 11.5 Å². The topological polar surface area (TPSA) is 72.5 Å². The van der Waals surface area contributed by atoms with E-state index in [2.05, 4.69) is 0 Å². The minimum absolute atomic E-state index is 0.116. The third-order valence-corrected chi connectivity index (χ3v) is 4.45. The van der Waals surface area contributed by atoms with Gasteiger partial charge in [0.2, 0.25) is 0 Å². The third kappa shape index (κ3) is 4.04. The summed E-state index contributed by atoms with van der Waals surface area (Å²) in [5, 5.41) is 0. The number of sulfonamides is 1. The van der Waals surface area contributed by atoms with Gasteiger partial charge in [0.25, 0.3) is 15.9 Å². The quantitative estimate of drug-likeness (QED) is 0.852. The maximum atomic E-state index is 12.0. The molecule has 1 aromatic rings. The standard InChI is InChI=1S/C13H17NO4S/c1-10-4-2-3-5-12(10)19(16,17)14-13(15)9-18-8-11-6-7-11/h2-5,11H,6-9H2,1H3,(H,14,15). The molecule has 0 unspecified atom stereocenters. The average Bonchev–Trinajstić information content (AvgIpc) is 3.12. The number of hydrogen-bond acceptors (Lipinski definition) is 4. The minimum Gasteiger partial charge on any atom is -0.371 e. The van der Waals surface area contributed by atoms with Gasteiger partial charge in [-0.15, -0.1) is 0 Å². The normalized spacial score (nSPS) is 15.2. The molecule has 104 valence electrons. The van der Waals surface area contributed by atoms with Crippen molar-refractivity contribution in [2.45, 2.75) is 24.7 Å². The van der Waals surface area contributed by atoms with E-state index in [-0.39, 0.29) is 11.5 Å². The zero-order valence-corrected chi connectivity index (χ0v) is 11.6. The van der Waals surface area contributed by atoms with Gasteiger partial charge in [0.15, 0.2) is 0 Å². The number of rotatable bonds is 6. The second kappa shape index (κ2) is 5.71. The van der Waals surface area contributed by atoms with Crippen molar-refractivity contribution in [3.05, 3.63) is 29.8 Å². The van der Waals surface area contributed by atoms with Crippen molar-refractivity contribution in [1.82, 2.24) is 4.72 Å². The number of amides is 1. The van der Waals surface area contributed by atoms with Crippen molar-refractivity contribution >= 4 is 15.9 Å². The summed E-state index contributed by atoms with van der Waals surface area (Å²) in [5.74, 6) is -0.0929. The molecular weight excluding hydrogens is 266 g/mol. The first-order valence-electron chi connectivity index (χ1n) is 6.18. The zero-order valence-electron chi connectivity index (χ0n) is 10.8. The fourth-order valence-electron chi connectivity index (χ4n) is 1.70. The number of aryl methyl sites for hydroxylation is 1. The molecule has 0 aliphatic heterocycles. The van der Waals surface area contributed by atoms with Crippen molar-refractivity contribution in [3.63, 3.8) is 0 Å². The second-order valence-corrected chi connectivity index (χ2v) is 6.40. The van der Waals surface area contributed by atoms with Crippen LogP contribution in [0.4, 0.5) is 0 Å². The Hall–Kier alpha value is -1.40. The molecule has 1 fully saturated rings. The Morgan fingerprint density at radius 1 is 1.37 bits per heavy atom. The lowest BCUT2D eigenvalue weighted by Crippen LogP contribution is -2.34. The van der Waals surface area contributed by atoms with Crippen molar-refractivity contribution in [2.24, 2.45) is 5.92 Å². The van der Waals surface area contributed by atoms with Crippen molar-refractivity contribution in [3.8, 4) is 0 Å². The van der Waals surface area contributed by atoms with E-state index in [9.17, 15) is 13.2 Å². The van der Waals surface area contributed by atoms with Crippen LogP contribution in [-0.4, -0.2) is 27.5 Å². The maximum absolute atomic E-state index is 12.0. The highest BCUT2D eigenvalue weighted by atomic mass is 32.2. The van der Waals surface area contributed by atoms with Gasteiger partial charge in [-0.05, 0) is 37.3 Å². The maximum Gasteiger partial charge on any atom is 0.264 e. The summed E-state index contributed by atoms with van der Waals surface area (Å²) in [7, 11) is -3.80.